The summed E-state index contributed by atoms with van der Waals surface area (Å²) in [7, 11) is -4.61. The van der Waals surface area contributed by atoms with Gasteiger partial charge in [0.25, 0.3) is 10.0 Å². The fourth-order valence-electron chi connectivity index (χ4n) is 3.89. The summed E-state index contributed by atoms with van der Waals surface area (Å²) >= 11 is 0. The Morgan fingerprint density at radius 2 is 1.85 bits per heavy atom. The number of aromatic nitrogens is 2. The molecule has 15 heteroatoms. The van der Waals surface area contributed by atoms with Gasteiger partial charge in [-0.3, -0.25) is 14.2 Å². The van der Waals surface area contributed by atoms with Gasteiger partial charge in [-0.1, -0.05) is 24.3 Å². The van der Waals surface area contributed by atoms with Gasteiger partial charge in [0.1, 0.15) is 17.5 Å². The normalized spacial score (nSPS) is 16.3. The number of H-pyrrole nitrogens is 1. The number of aliphatic carboxylic acids is 1. The number of alkyl halides is 6. The number of fused-ring (bicyclic) bond motifs is 1. The molecule has 0 radical (unpaired) electrons. The first-order chi connectivity index (χ1) is 18.2. The zero-order valence-electron chi connectivity index (χ0n) is 19.6. The van der Waals surface area contributed by atoms with Gasteiger partial charge in [0, 0.05) is 12.0 Å². The maximum absolute atomic E-state index is 13.6. The van der Waals surface area contributed by atoms with Crippen LogP contribution in [0.25, 0.3) is 12.2 Å². The van der Waals surface area contributed by atoms with Gasteiger partial charge in [-0.2, -0.15) is 31.4 Å². The van der Waals surface area contributed by atoms with Crippen molar-refractivity contribution in [3.63, 3.8) is 0 Å². The predicted octanol–water partition coefficient (Wildman–Crippen LogP) is 5.44. The lowest BCUT2D eigenvalue weighted by Crippen LogP contribution is -2.43. The lowest BCUT2D eigenvalue weighted by atomic mass is 10.1. The van der Waals surface area contributed by atoms with Crippen molar-refractivity contribution in [1.29, 1.82) is 0 Å². The summed E-state index contributed by atoms with van der Waals surface area (Å²) in [6, 6.07) is 7.20. The lowest BCUT2D eigenvalue weighted by molar-refractivity contribution is -0.141. The second-order valence-electron chi connectivity index (χ2n) is 8.49. The van der Waals surface area contributed by atoms with Crippen LogP contribution in [0, 0.1) is 0 Å². The Balaban J connectivity index is 1.75. The number of sulfonamides is 1. The number of aromatic amines is 1. The van der Waals surface area contributed by atoms with E-state index in [9.17, 15) is 39.6 Å². The third-order valence-corrected chi connectivity index (χ3v) is 7.53. The van der Waals surface area contributed by atoms with Crippen LogP contribution in [0.3, 0.4) is 0 Å². The van der Waals surface area contributed by atoms with Gasteiger partial charge in [0.05, 0.1) is 28.9 Å². The molecule has 2 heterocycles. The van der Waals surface area contributed by atoms with Crippen molar-refractivity contribution in [2.45, 2.75) is 36.2 Å². The number of benzene rings is 2. The van der Waals surface area contributed by atoms with Crippen LogP contribution in [-0.2, 0) is 27.2 Å². The highest BCUT2D eigenvalue weighted by atomic mass is 32.2. The van der Waals surface area contributed by atoms with E-state index in [4.69, 9.17) is 9.84 Å². The highest BCUT2D eigenvalue weighted by molar-refractivity contribution is 7.92. The molecule has 208 valence electrons. The molecular formula is C24H19F6N3O5S. The Morgan fingerprint density at radius 3 is 2.51 bits per heavy atom. The minimum atomic E-state index is -4.81. The van der Waals surface area contributed by atoms with Gasteiger partial charge in [0.15, 0.2) is 0 Å². The maximum atomic E-state index is 13.6. The molecule has 1 aliphatic rings. The molecule has 0 aliphatic carbocycles. The predicted molar refractivity (Wildman–Crippen MR) is 126 cm³/mol. The number of halogens is 6. The zero-order chi connectivity index (χ0) is 28.6. The summed E-state index contributed by atoms with van der Waals surface area (Å²) < 4.78 is 113. The van der Waals surface area contributed by atoms with E-state index >= 15 is 0 Å². The molecule has 39 heavy (non-hydrogen) atoms. The largest absolute Gasteiger partial charge is 0.486 e. The SMILES string of the molecule is O=C(O)CCC1CN(S(=O)(=O)c2cccc(C(F)(F)F)c2)c2cc(/C=C/c3cn[nH]c3C(F)(F)F)ccc2O1. The molecule has 0 amide bonds. The number of rotatable bonds is 7. The minimum absolute atomic E-state index is 0.00336. The van der Waals surface area contributed by atoms with Crippen molar-refractivity contribution >= 4 is 33.8 Å². The monoisotopic (exact) mass is 575 g/mol. The number of hydrogen-bond donors (Lipinski definition) is 2. The van der Waals surface area contributed by atoms with Gasteiger partial charge in [-0.25, -0.2) is 8.42 Å². The highest BCUT2D eigenvalue weighted by Crippen LogP contribution is 2.40. The molecule has 0 saturated heterocycles. The van der Waals surface area contributed by atoms with Gasteiger partial charge in [0.2, 0.25) is 0 Å². The average Bonchev–Trinajstić information content (AvgIpc) is 3.35. The number of carboxylic acids is 1. The number of hydrogen-bond acceptors (Lipinski definition) is 5. The van der Waals surface area contributed by atoms with Crippen molar-refractivity contribution in [2.24, 2.45) is 0 Å². The highest BCUT2D eigenvalue weighted by Gasteiger charge is 2.37. The van der Waals surface area contributed by atoms with E-state index in [0.29, 0.717) is 6.07 Å². The van der Waals surface area contributed by atoms with Crippen molar-refractivity contribution < 1.29 is 49.4 Å². The summed E-state index contributed by atoms with van der Waals surface area (Å²) in [4.78, 5) is 10.4. The number of nitrogens with zero attached hydrogens (tertiary/aromatic N) is 2. The summed E-state index contributed by atoms with van der Waals surface area (Å²) in [5.41, 5.74) is -2.38. The van der Waals surface area contributed by atoms with Gasteiger partial charge >= 0.3 is 18.3 Å². The molecule has 4 rings (SSSR count). The molecule has 2 N–H and O–H groups in total. The number of ether oxygens (including phenoxy) is 1. The molecule has 1 aromatic heterocycles. The van der Waals surface area contributed by atoms with Gasteiger partial charge < -0.3 is 9.84 Å². The average molecular weight is 575 g/mol. The third-order valence-electron chi connectivity index (χ3n) is 5.75. The van der Waals surface area contributed by atoms with Crippen LogP contribution >= 0.6 is 0 Å². The fourth-order valence-corrected chi connectivity index (χ4v) is 5.44. The number of nitrogens with one attached hydrogen (secondary N) is 1. The molecule has 2 aromatic carbocycles. The van der Waals surface area contributed by atoms with E-state index in [1.807, 2.05) is 5.10 Å². The second kappa shape index (κ2) is 10.3. The maximum Gasteiger partial charge on any atom is 0.433 e. The first-order valence-corrected chi connectivity index (χ1v) is 12.6. The van der Waals surface area contributed by atoms with Gasteiger partial charge in [-0.15, -0.1) is 0 Å². The first-order valence-electron chi connectivity index (χ1n) is 11.2. The quantitative estimate of drug-likeness (QED) is 0.363. The van der Waals surface area contributed by atoms with E-state index in [1.54, 1.807) is 0 Å². The van der Waals surface area contributed by atoms with Crippen LogP contribution in [0.1, 0.15) is 35.2 Å². The summed E-state index contributed by atoms with van der Waals surface area (Å²) in [5.74, 6) is -1.15. The minimum Gasteiger partial charge on any atom is -0.486 e. The first kappa shape index (κ1) is 28.0. The number of carbonyl (C=O) groups is 1. The van der Waals surface area contributed by atoms with Crippen LogP contribution < -0.4 is 9.04 Å². The second-order valence-corrected chi connectivity index (χ2v) is 10.4. The lowest BCUT2D eigenvalue weighted by Gasteiger charge is -2.35. The number of carboxylic acid groups (broad SMARTS) is 1. The zero-order valence-corrected chi connectivity index (χ0v) is 20.4. The molecule has 0 spiro atoms. The van der Waals surface area contributed by atoms with E-state index in [1.165, 1.54) is 24.3 Å². The molecule has 1 unspecified atom stereocenters. The van der Waals surface area contributed by atoms with E-state index in [0.717, 1.165) is 34.8 Å². The number of anilines is 1. The molecular weight excluding hydrogens is 556 g/mol. The van der Waals surface area contributed by atoms with E-state index in [-0.39, 0.29) is 35.4 Å². The Labute approximate surface area is 217 Å². The van der Waals surface area contributed by atoms with Crippen molar-refractivity contribution in [1.82, 2.24) is 10.2 Å². The molecule has 1 aliphatic heterocycles. The van der Waals surface area contributed by atoms with Crippen molar-refractivity contribution in [2.75, 3.05) is 10.8 Å². The Bertz CT molecular complexity index is 1510. The van der Waals surface area contributed by atoms with Crippen LogP contribution in [0.2, 0.25) is 0 Å². The summed E-state index contributed by atoms with van der Waals surface area (Å²) in [6.45, 7) is -0.411. The smallest absolute Gasteiger partial charge is 0.433 e. The molecule has 1 atom stereocenters. The molecule has 0 fully saturated rings. The van der Waals surface area contributed by atoms with Crippen LogP contribution in [-0.4, -0.2) is 42.3 Å². The van der Waals surface area contributed by atoms with E-state index < -0.39 is 57.1 Å². The van der Waals surface area contributed by atoms with Gasteiger partial charge in [-0.05, 0) is 42.3 Å². The molecule has 3 aromatic rings. The van der Waals surface area contributed by atoms with Crippen LogP contribution in [0.5, 0.6) is 5.75 Å². The summed E-state index contributed by atoms with van der Waals surface area (Å²) in [6.07, 6.45) is -7.55. The van der Waals surface area contributed by atoms with Crippen LogP contribution in [0.4, 0.5) is 32.0 Å². The third kappa shape index (κ3) is 6.19. The van der Waals surface area contributed by atoms with Crippen molar-refractivity contribution in [3.05, 3.63) is 71.0 Å². The topological polar surface area (TPSA) is 113 Å². The van der Waals surface area contributed by atoms with E-state index in [2.05, 4.69) is 5.10 Å². The molecule has 8 nitrogen and oxygen atoms in total. The Morgan fingerprint density at radius 1 is 1.10 bits per heavy atom. The standard InChI is InChI=1S/C24H19F6N3O5S/c25-23(26,27)16-2-1-3-18(11-16)39(36,37)33-13-17(7-9-21(34)35)38-20-8-5-14(10-19(20)33)4-6-15-12-31-32-22(15)24(28,29)30/h1-6,8,10-12,17H,7,9,13H2,(H,31,32)(H,34,35)/b6-4+. The molecule has 0 saturated carbocycles. The molecule has 0 bridgehead atoms. The Kier molecular flexibility index (Phi) is 7.38. The van der Waals surface area contributed by atoms with Crippen LogP contribution in [0.15, 0.2) is 53.6 Å². The Hall–Kier alpha value is -4.01. The van der Waals surface area contributed by atoms with Crippen molar-refractivity contribution in [3.8, 4) is 5.75 Å². The summed E-state index contributed by atoms with van der Waals surface area (Å²) in [5, 5.41) is 14.3. The fraction of sp³-hybridized carbons (Fsp3) is 0.250.